The van der Waals surface area contributed by atoms with E-state index in [1.807, 2.05) is 4.90 Å². The van der Waals surface area contributed by atoms with Gasteiger partial charge < -0.3 is 15.0 Å². The predicted molar refractivity (Wildman–Crippen MR) is 73.5 cm³/mol. The van der Waals surface area contributed by atoms with E-state index in [1.165, 1.54) is 0 Å². The van der Waals surface area contributed by atoms with Gasteiger partial charge in [0.05, 0.1) is 19.1 Å². The van der Waals surface area contributed by atoms with Gasteiger partial charge in [-0.2, -0.15) is 0 Å². The van der Waals surface area contributed by atoms with Crippen LogP contribution in [-0.2, 0) is 9.53 Å². The summed E-state index contributed by atoms with van der Waals surface area (Å²) in [4.78, 5) is 14.0. The minimum absolute atomic E-state index is 0.223. The van der Waals surface area contributed by atoms with Crippen LogP contribution in [0.4, 0.5) is 0 Å². The molecule has 1 aliphatic heterocycles. The molecular weight excluding hydrogens is 228 g/mol. The first-order valence-corrected chi connectivity index (χ1v) is 7.12. The molecule has 1 heterocycles. The van der Waals surface area contributed by atoms with Crippen molar-refractivity contribution < 1.29 is 9.53 Å². The normalized spacial score (nSPS) is 22.3. The number of ether oxygens (including phenoxy) is 1. The minimum atomic E-state index is 0.223. The van der Waals surface area contributed by atoms with Crippen LogP contribution in [0.25, 0.3) is 0 Å². The third-order valence-corrected chi connectivity index (χ3v) is 3.34. The zero-order chi connectivity index (χ0) is 13.5. The average Bonchev–Trinajstić information content (AvgIpc) is 2.28. The third-order valence-electron chi connectivity index (χ3n) is 3.34. The number of hydrogen-bond donors (Lipinski definition) is 1. The van der Waals surface area contributed by atoms with E-state index in [0.29, 0.717) is 25.0 Å². The first-order chi connectivity index (χ1) is 8.50. The van der Waals surface area contributed by atoms with Crippen molar-refractivity contribution in [3.63, 3.8) is 0 Å². The fraction of sp³-hybridized carbons (Fsp3) is 0.929. The molecule has 2 atom stereocenters. The van der Waals surface area contributed by atoms with Crippen LogP contribution in [0.2, 0.25) is 0 Å². The fourth-order valence-corrected chi connectivity index (χ4v) is 2.43. The number of nitrogens with zero attached hydrogens (tertiary/aromatic N) is 1. The molecule has 1 aliphatic rings. The lowest BCUT2D eigenvalue weighted by atomic mass is 10.1. The fourth-order valence-electron chi connectivity index (χ4n) is 2.43. The third kappa shape index (κ3) is 5.36. The Morgan fingerprint density at radius 1 is 1.44 bits per heavy atom. The Kier molecular flexibility index (Phi) is 6.65. The van der Waals surface area contributed by atoms with Gasteiger partial charge in [0.2, 0.25) is 5.91 Å². The molecule has 1 amide bonds. The van der Waals surface area contributed by atoms with Crippen molar-refractivity contribution >= 4 is 5.91 Å². The van der Waals surface area contributed by atoms with Crippen LogP contribution >= 0.6 is 0 Å². The van der Waals surface area contributed by atoms with Crippen LogP contribution in [0.5, 0.6) is 0 Å². The molecule has 0 radical (unpaired) electrons. The minimum Gasteiger partial charge on any atom is -0.378 e. The number of carbonyl (C=O) groups is 1. The molecule has 1 rings (SSSR count). The van der Waals surface area contributed by atoms with Gasteiger partial charge in [-0.3, -0.25) is 4.79 Å². The lowest BCUT2D eigenvalue weighted by Gasteiger charge is -2.34. The molecule has 0 aromatic heterocycles. The summed E-state index contributed by atoms with van der Waals surface area (Å²) in [5.41, 5.74) is 0. The maximum atomic E-state index is 12.0. The zero-order valence-corrected chi connectivity index (χ0v) is 12.2. The van der Waals surface area contributed by atoms with Gasteiger partial charge in [-0.1, -0.05) is 13.8 Å². The summed E-state index contributed by atoms with van der Waals surface area (Å²) >= 11 is 0. The van der Waals surface area contributed by atoms with E-state index in [2.05, 4.69) is 33.0 Å². The topological polar surface area (TPSA) is 41.6 Å². The van der Waals surface area contributed by atoms with Crippen LogP contribution < -0.4 is 5.32 Å². The summed E-state index contributed by atoms with van der Waals surface area (Å²) in [7, 11) is 0. The monoisotopic (exact) mass is 256 g/mol. The van der Waals surface area contributed by atoms with Crippen molar-refractivity contribution in [1.82, 2.24) is 10.2 Å². The number of hydrogen-bond acceptors (Lipinski definition) is 3. The number of amides is 1. The smallest absolute Gasteiger partial charge is 0.225 e. The number of carbonyl (C=O) groups excluding carboxylic acids is 1. The van der Waals surface area contributed by atoms with Gasteiger partial charge in [-0.25, -0.2) is 0 Å². The highest BCUT2D eigenvalue weighted by molar-refractivity contribution is 5.76. The summed E-state index contributed by atoms with van der Waals surface area (Å²) in [6.45, 7) is 11.7. The molecule has 4 nitrogen and oxygen atoms in total. The first kappa shape index (κ1) is 15.4. The van der Waals surface area contributed by atoms with Crippen LogP contribution in [0, 0.1) is 5.92 Å². The SMILES string of the molecule is CC(C)CC(C)OCCC(=O)N1CCNCC1C. The largest absolute Gasteiger partial charge is 0.378 e. The Balaban J connectivity index is 2.20. The van der Waals surface area contributed by atoms with Crippen molar-refractivity contribution in [2.75, 3.05) is 26.2 Å². The molecule has 0 aliphatic carbocycles. The maximum Gasteiger partial charge on any atom is 0.225 e. The zero-order valence-electron chi connectivity index (χ0n) is 12.2. The molecule has 2 unspecified atom stereocenters. The molecule has 0 aromatic carbocycles. The van der Waals surface area contributed by atoms with Crippen molar-refractivity contribution in [2.24, 2.45) is 5.92 Å². The number of rotatable bonds is 6. The second kappa shape index (κ2) is 7.74. The molecule has 4 heteroatoms. The van der Waals surface area contributed by atoms with E-state index in [-0.39, 0.29) is 12.0 Å². The first-order valence-electron chi connectivity index (χ1n) is 7.12. The van der Waals surface area contributed by atoms with Crippen molar-refractivity contribution in [3.8, 4) is 0 Å². The molecule has 18 heavy (non-hydrogen) atoms. The quantitative estimate of drug-likeness (QED) is 0.785. The van der Waals surface area contributed by atoms with Gasteiger partial charge in [-0.15, -0.1) is 0 Å². The molecule has 0 bridgehead atoms. The van der Waals surface area contributed by atoms with Crippen LogP contribution in [0.3, 0.4) is 0 Å². The lowest BCUT2D eigenvalue weighted by molar-refractivity contribution is -0.135. The van der Waals surface area contributed by atoms with Gasteiger partial charge >= 0.3 is 0 Å². The van der Waals surface area contributed by atoms with Gasteiger partial charge in [0.15, 0.2) is 0 Å². The molecule has 1 fully saturated rings. The van der Waals surface area contributed by atoms with Gasteiger partial charge in [0.25, 0.3) is 0 Å². The Hall–Kier alpha value is -0.610. The van der Waals surface area contributed by atoms with E-state index in [4.69, 9.17) is 4.74 Å². The van der Waals surface area contributed by atoms with Gasteiger partial charge in [0.1, 0.15) is 0 Å². The van der Waals surface area contributed by atoms with Gasteiger partial charge in [0, 0.05) is 25.7 Å². The van der Waals surface area contributed by atoms with E-state index >= 15 is 0 Å². The van der Waals surface area contributed by atoms with Crippen LogP contribution in [0.1, 0.15) is 40.5 Å². The molecule has 0 saturated carbocycles. The summed E-state index contributed by atoms with van der Waals surface area (Å²) in [6, 6.07) is 0.305. The average molecular weight is 256 g/mol. The second-order valence-corrected chi connectivity index (χ2v) is 5.70. The highest BCUT2D eigenvalue weighted by Crippen LogP contribution is 2.09. The van der Waals surface area contributed by atoms with E-state index in [9.17, 15) is 4.79 Å². The van der Waals surface area contributed by atoms with Crippen molar-refractivity contribution in [3.05, 3.63) is 0 Å². The molecule has 1 saturated heterocycles. The summed E-state index contributed by atoms with van der Waals surface area (Å²) < 4.78 is 5.69. The number of nitrogens with one attached hydrogen (secondary N) is 1. The molecule has 0 aromatic rings. The van der Waals surface area contributed by atoms with E-state index < -0.39 is 0 Å². The Bertz CT molecular complexity index is 256. The summed E-state index contributed by atoms with van der Waals surface area (Å²) in [5, 5.41) is 3.29. The highest BCUT2D eigenvalue weighted by Gasteiger charge is 2.22. The van der Waals surface area contributed by atoms with E-state index in [1.54, 1.807) is 0 Å². The van der Waals surface area contributed by atoms with Crippen molar-refractivity contribution in [2.45, 2.75) is 52.7 Å². The Labute approximate surface area is 111 Å². The second-order valence-electron chi connectivity index (χ2n) is 5.70. The Morgan fingerprint density at radius 2 is 2.17 bits per heavy atom. The molecule has 1 N–H and O–H groups in total. The summed E-state index contributed by atoms with van der Waals surface area (Å²) in [5.74, 6) is 0.865. The lowest BCUT2D eigenvalue weighted by Crippen LogP contribution is -2.52. The van der Waals surface area contributed by atoms with Crippen molar-refractivity contribution in [1.29, 1.82) is 0 Å². The number of piperazine rings is 1. The predicted octanol–water partition coefficient (Wildman–Crippen LogP) is 1.65. The molecule has 106 valence electrons. The highest BCUT2D eigenvalue weighted by atomic mass is 16.5. The van der Waals surface area contributed by atoms with E-state index in [0.717, 1.165) is 26.1 Å². The van der Waals surface area contributed by atoms with Gasteiger partial charge in [-0.05, 0) is 26.2 Å². The molecule has 0 spiro atoms. The Morgan fingerprint density at radius 3 is 2.78 bits per heavy atom. The summed E-state index contributed by atoms with van der Waals surface area (Å²) in [6.07, 6.45) is 1.81. The van der Waals surface area contributed by atoms with Crippen LogP contribution in [-0.4, -0.2) is 49.2 Å². The molecular formula is C14H28N2O2. The maximum absolute atomic E-state index is 12.0. The standard InChI is InChI=1S/C14H28N2O2/c1-11(2)9-13(4)18-8-5-14(17)16-7-6-15-10-12(16)3/h11-13,15H,5-10H2,1-4H3. The van der Waals surface area contributed by atoms with Crippen LogP contribution in [0.15, 0.2) is 0 Å².